The summed E-state index contributed by atoms with van der Waals surface area (Å²) < 4.78 is 0. The first-order valence-corrected chi connectivity index (χ1v) is 7.34. The molecular formula is C15H12ClN2S. The number of aromatic nitrogens is 2. The second-order valence-electron chi connectivity index (χ2n) is 4.65. The van der Waals surface area contributed by atoms with Crippen LogP contribution in [0.4, 0.5) is 0 Å². The maximum Gasteiger partial charge on any atom is 0.143 e. The Morgan fingerprint density at radius 1 is 1.21 bits per heavy atom. The van der Waals surface area contributed by atoms with Gasteiger partial charge in [-0.3, -0.25) is 0 Å². The van der Waals surface area contributed by atoms with Crippen LogP contribution in [0.2, 0.25) is 5.02 Å². The highest BCUT2D eigenvalue weighted by atomic mass is 35.5. The molecule has 0 aliphatic carbocycles. The Morgan fingerprint density at radius 3 is 2.74 bits per heavy atom. The molecule has 0 N–H and O–H groups in total. The molecule has 2 heterocycles. The summed E-state index contributed by atoms with van der Waals surface area (Å²) in [5, 5.41) is 4.38. The van der Waals surface area contributed by atoms with Crippen LogP contribution in [0.1, 0.15) is 25.5 Å². The Balaban J connectivity index is 2.15. The van der Waals surface area contributed by atoms with Crippen LogP contribution in [0.3, 0.4) is 0 Å². The number of para-hydroxylation sites is 1. The zero-order valence-corrected chi connectivity index (χ0v) is 12.2. The molecule has 0 unspecified atom stereocenters. The van der Waals surface area contributed by atoms with E-state index in [9.17, 15) is 0 Å². The van der Waals surface area contributed by atoms with E-state index in [0.29, 0.717) is 10.9 Å². The molecule has 0 spiro atoms. The first kappa shape index (κ1) is 12.6. The number of hydrogen-bond donors (Lipinski definition) is 0. The fourth-order valence-corrected chi connectivity index (χ4v) is 3.09. The molecule has 0 aliphatic rings. The number of rotatable bonds is 2. The summed E-state index contributed by atoms with van der Waals surface area (Å²) in [6.45, 7) is 4.25. The first-order chi connectivity index (χ1) is 9.15. The van der Waals surface area contributed by atoms with Crippen molar-refractivity contribution in [2.75, 3.05) is 0 Å². The molecule has 1 aromatic carbocycles. The average molecular weight is 288 g/mol. The third kappa shape index (κ3) is 2.36. The van der Waals surface area contributed by atoms with Gasteiger partial charge in [-0.05, 0) is 12.0 Å². The van der Waals surface area contributed by atoms with Gasteiger partial charge >= 0.3 is 0 Å². The molecular weight excluding hydrogens is 276 g/mol. The van der Waals surface area contributed by atoms with Crippen LogP contribution in [0.15, 0.2) is 29.6 Å². The fourth-order valence-electron chi connectivity index (χ4n) is 1.83. The second-order valence-corrected chi connectivity index (χ2v) is 5.88. The minimum Gasteiger partial charge on any atom is -0.244 e. The lowest BCUT2D eigenvalue weighted by atomic mass is 10.2. The number of fused-ring (bicyclic) bond motifs is 1. The number of nitrogens with zero attached hydrogens (tertiary/aromatic N) is 2. The van der Waals surface area contributed by atoms with Crippen LogP contribution in [0.5, 0.6) is 0 Å². The Hall–Kier alpha value is -1.45. The number of hydrogen-bond acceptors (Lipinski definition) is 3. The summed E-state index contributed by atoms with van der Waals surface area (Å²) >= 11 is 7.85. The summed E-state index contributed by atoms with van der Waals surface area (Å²) in [7, 11) is 0. The van der Waals surface area contributed by atoms with Gasteiger partial charge in [0.2, 0.25) is 0 Å². The van der Waals surface area contributed by atoms with E-state index in [1.807, 2.05) is 24.3 Å². The fraction of sp³-hybridized carbons (Fsp3) is 0.200. The normalized spacial score (nSPS) is 11.4. The van der Waals surface area contributed by atoms with E-state index < -0.39 is 0 Å². The Labute approximate surface area is 121 Å². The van der Waals surface area contributed by atoms with Crippen molar-refractivity contribution < 1.29 is 0 Å². The summed E-state index contributed by atoms with van der Waals surface area (Å²) in [6, 6.07) is 11.0. The molecule has 1 radical (unpaired) electrons. The summed E-state index contributed by atoms with van der Waals surface area (Å²) in [5.41, 5.74) is 2.69. The third-order valence-corrected chi connectivity index (χ3v) is 4.05. The molecule has 2 nitrogen and oxygen atoms in total. The maximum absolute atomic E-state index is 6.28. The van der Waals surface area contributed by atoms with Gasteiger partial charge < -0.3 is 0 Å². The van der Waals surface area contributed by atoms with E-state index in [1.165, 1.54) is 0 Å². The highest BCUT2D eigenvalue weighted by Crippen LogP contribution is 2.32. The Bertz CT molecular complexity index is 734. The number of thiazole rings is 1. The Morgan fingerprint density at radius 2 is 2.00 bits per heavy atom. The van der Waals surface area contributed by atoms with Crippen molar-refractivity contribution in [2.45, 2.75) is 19.8 Å². The van der Waals surface area contributed by atoms with Gasteiger partial charge in [-0.25, -0.2) is 9.97 Å². The third-order valence-electron chi connectivity index (χ3n) is 2.90. The smallest absolute Gasteiger partial charge is 0.143 e. The quantitative estimate of drug-likeness (QED) is 0.667. The molecule has 2 aromatic heterocycles. The van der Waals surface area contributed by atoms with E-state index in [0.717, 1.165) is 27.3 Å². The van der Waals surface area contributed by atoms with E-state index in [2.05, 4.69) is 35.3 Å². The van der Waals surface area contributed by atoms with Gasteiger partial charge in [0.25, 0.3) is 0 Å². The van der Waals surface area contributed by atoms with Crippen LogP contribution in [-0.4, -0.2) is 9.97 Å². The minimum absolute atomic E-state index is 0.410. The second kappa shape index (κ2) is 4.91. The topological polar surface area (TPSA) is 25.8 Å². The van der Waals surface area contributed by atoms with Gasteiger partial charge in [0.1, 0.15) is 10.7 Å². The highest BCUT2D eigenvalue weighted by molar-refractivity contribution is 7.13. The van der Waals surface area contributed by atoms with Crippen LogP contribution in [0.25, 0.3) is 21.6 Å². The van der Waals surface area contributed by atoms with Crippen LogP contribution < -0.4 is 0 Å². The standard InChI is InChI=1S/C15H12ClN2S/c1-9(2)13-8-19-15(18-13)14-11(16)7-10-5-3-4-6-12(10)17-14/h3-6,8-9H,1-2H3. The van der Waals surface area contributed by atoms with Gasteiger partial charge in [0, 0.05) is 16.8 Å². The van der Waals surface area contributed by atoms with Crippen molar-refractivity contribution in [2.24, 2.45) is 0 Å². The molecule has 0 amide bonds. The predicted molar refractivity (Wildman–Crippen MR) is 80.8 cm³/mol. The number of pyridine rings is 1. The molecule has 0 fully saturated rings. The van der Waals surface area contributed by atoms with E-state index in [1.54, 1.807) is 11.3 Å². The van der Waals surface area contributed by atoms with Gasteiger partial charge in [-0.1, -0.05) is 43.6 Å². The maximum atomic E-state index is 6.28. The monoisotopic (exact) mass is 287 g/mol. The zero-order valence-electron chi connectivity index (χ0n) is 10.6. The van der Waals surface area contributed by atoms with Crippen molar-refractivity contribution in [1.82, 2.24) is 9.97 Å². The van der Waals surface area contributed by atoms with Crippen molar-refractivity contribution in [3.05, 3.63) is 46.4 Å². The van der Waals surface area contributed by atoms with E-state index >= 15 is 0 Å². The lowest BCUT2D eigenvalue weighted by Gasteiger charge is -2.03. The lowest BCUT2D eigenvalue weighted by Crippen LogP contribution is -1.90. The summed E-state index contributed by atoms with van der Waals surface area (Å²) in [5.74, 6) is 0.410. The van der Waals surface area contributed by atoms with E-state index in [4.69, 9.17) is 11.6 Å². The van der Waals surface area contributed by atoms with Crippen molar-refractivity contribution in [1.29, 1.82) is 0 Å². The molecule has 19 heavy (non-hydrogen) atoms. The SMILES string of the molecule is CC(C)c1csc(-c2nc3ccccc3[c]c2Cl)n1. The molecule has 0 aliphatic heterocycles. The van der Waals surface area contributed by atoms with Gasteiger partial charge in [-0.15, -0.1) is 11.3 Å². The van der Waals surface area contributed by atoms with Gasteiger partial charge in [0.05, 0.1) is 16.2 Å². The number of benzene rings is 1. The van der Waals surface area contributed by atoms with Crippen molar-refractivity contribution >= 4 is 33.8 Å². The lowest BCUT2D eigenvalue weighted by molar-refractivity contribution is 0.834. The molecule has 3 aromatic rings. The molecule has 4 heteroatoms. The van der Waals surface area contributed by atoms with Crippen molar-refractivity contribution in [3.8, 4) is 10.7 Å². The highest BCUT2D eigenvalue weighted by Gasteiger charge is 2.13. The molecule has 0 atom stereocenters. The zero-order chi connectivity index (χ0) is 13.4. The minimum atomic E-state index is 0.410. The average Bonchev–Trinajstić information content (AvgIpc) is 2.87. The molecule has 3 rings (SSSR count). The number of halogens is 1. The van der Waals surface area contributed by atoms with Gasteiger partial charge in [0.15, 0.2) is 0 Å². The largest absolute Gasteiger partial charge is 0.244 e. The van der Waals surface area contributed by atoms with Gasteiger partial charge in [-0.2, -0.15) is 0 Å². The molecule has 0 saturated carbocycles. The van der Waals surface area contributed by atoms with Crippen molar-refractivity contribution in [3.63, 3.8) is 0 Å². The Kier molecular flexibility index (Phi) is 3.25. The van der Waals surface area contributed by atoms with E-state index in [-0.39, 0.29) is 0 Å². The summed E-state index contributed by atoms with van der Waals surface area (Å²) in [4.78, 5) is 9.20. The summed E-state index contributed by atoms with van der Waals surface area (Å²) in [6.07, 6.45) is 0. The first-order valence-electron chi connectivity index (χ1n) is 6.08. The van der Waals surface area contributed by atoms with Crippen LogP contribution >= 0.6 is 22.9 Å². The molecule has 0 bridgehead atoms. The van der Waals surface area contributed by atoms with Crippen LogP contribution in [-0.2, 0) is 0 Å². The molecule has 95 valence electrons. The molecule has 0 saturated heterocycles. The predicted octanol–water partition coefficient (Wildman–Crippen LogP) is 4.94. The van der Waals surface area contributed by atoms with Crippen LogP contribution in [0, 0.1) is 6.07 Å².